The normalized spacial score (nSPS) is 15.8. The van der Waals surface area contributed by atoms with Crippen molar-refractivity contribution in [1.29, 1.82) is 0 Å². The van der Waals surface area contributed by atoms with E-state index in [1.54, 1.807) is 0 Å². The highest BCUT2D eigenvalue weighted by Crippen LogP contribution is 2.19. The molecular weight excluding hydrogens is 294 g/mol. The fourth-order valence-corrected chi connectivity index (χ4v) is 3.32. The van der Waals surface area contributed by atoms with Crippen LogP contribution in [0.5, 0.6) is 0 Å². The summed E-state index contributed by atoms with van der Waals surface area (Å²) in [6, 6.07) is 21.5. The van der Waals surface area contributed by atoms with Crippen LogP contribution in [0.25, 0.3) is 10.9 Å². The first-order valence-electron chi connectivity index (χ1n) is 8.66. The molecule has 0 saturated carbocycles. The molecule has 0 amide bonds. The second-order valence-corrected chi connectivity index (χ2v) is 6.61. The zero-order valence-corrected chi connectivity index (χ0v) is 14.2. The molecule has 0 radical (unpaired) electrons. The Labute approximate surface area is 143 Å². The summed E-state index contributed by atoms with van der Waals surface area (Å²) in [5.74, 6) is 1.10. The summed E-state index contributed by atoms with van der Waals surface area (Å²) in [7, 11) is 0. The second kappa shape index (κ2) is 6.62. The molecule has 24 heavy (non-hydrogen) atoms. The smallest absolute Gasteiger partial charge is 0.129 e. The van der Waals surface area contributed by atoms with Gasteiger partial charge in [-0.1, -0.05) is 48.0 Å². The van der Waals surface area contributed by atoms with Crippen LogP contribution in [0, 0.1) is 6.92 Å². The van der Waals surface area contributed by atoms with Crippen LogP contribution in [0.15, 0.2) is 60.7 Å². The van der Waals surface area contributed by atoms with Gasteiger partial charge in [-0.2, -0.15) is 0 Å². The number of hydrogen-bond acceptors (Lipinski definition) is 3. The van der Waals surface area contributed by atoms with Crippen molar-refractivity contribution in [3.05, 3.63) is 71.8 Å². The number of rotatable bonds is 3. The van der Waals surface area contributed by atoms with Crippen LogP contribution in [0.4, 0.5) is 5.82 Å². The van der Waals surface area contributed by atoms with E-state index in [0.717, 1.165) is 44.1 Å². The molecule has 122 valence electrons. The van der Waals surface area contributed by atoms with E-state index in [9.17, 15) is 0 Å². The molecule has 1 aromatic heterocycles. The minimum atomic E-state index is 1.04. The lowest BCUT2D eigenvalue weighted by Gasteiger charge is -2.35. The summed E-state index contributed by atoms with van der Waals surface area (Å²) in [6.45, 7) is 7.43. The predicted octanol–water partition coefficient (Wildman–Crippen LogP) is 3.87. The fraction of sp³-hybridized carbons (Fsp3) is 0.286. The van der Waals surface area contributed by atoms with Crippen molar-refractivity contribution in [2.24, 2.45) is 0 Å². The Morgan fingerprint density at radius 2 is 1.58 bits per heavy atom. The Hall–Kier alpha value is -2.39. The van der Waals surface area contributed by atoms with Gasteiger partial charge in [0.2, 0.25) is 0 Å². The van der Waals surface area contributed by atoms with Crippen molar-refractivity contribution in [2.75, 3.05) is 31.1 Å². The maximum Gasteiger partial charge on any atom is 0.129 e. The summed E-state index contributed by atoms with van der Waals surface area (Å²) in [6.07, 6.45) is 0. The van der Waals surface area contributed by atoms with Crippen molar-refractivity contribution in [2.45, 2.75) is 13.5 Å². The van der Waals surface area contributed by atoms with Crippen LogP contribution >= 0.6 is 0 Å². The number of para-hydroxylation sites is 1. The van der Waals surface area contributed by atoms with Gasteiger partial charge in [-0.25, -0.2) is 4.98 Å². The van der Waals surface area contributed by atoms with Crippen molar-refractivity contribution in [3.63, 3.8) is 0 Å². The highest BCUT2D eigenvalue weighted by molar-refractivity contribution is 5.80. The maximum absolute atomic E-state index is 4.83. The summed E-state index contributed by atoms with van der Waals surface area (Å²) in [5, 5.41) is 1.21. The molecule has 0 atom stereocenters. The van der Waals surface area contributed by atoms with Gasteiger partial charge in [0.15, 0.2) is 0 Å². The third-order valence-corrected chi connectivity index (χ3v) is 4.81. The molecule has 1 aliphatic heterocycles. The summed E-state index contributed by atoms with van der Waals surface area (Å²) in [4.78, 5) is 9.76. The van der Waals surface area contributed by atoms with Crippen LogP contribution in [0.1, 0.15) is 11.1 Å². The molecular formula is C21H23N3. The van der Waals surface area contributed by atoms with E-state index in [-0.39, 0.29) is 0 Å². The van der Waals surface area contributed by atoms with Gasteiger partial charge in [-0.05, 0) is 30.7 Å². The van der Waals surface area contributed by atoms with Crippen LogP contribution in [0.2, 0.25) is 0 Å². The lowest BCUT2D eigenvalue weighted by atomic mass is 10.1. The van der Waals surface area contributed by atoms with Gasteiger partial charge in [0, 0.05) is 38.1 Å². The number of aromatic nitrogens is 1. The SMILES string of the molecule is Cc1ccc(CN2CCN(c3ccc4ccccc4n3)CC2)cc1. The van der Waals surface area contributed by atoms with E-state index in [4.69, 9.17) is 4.98 Å². The third-order valence-electron chi connectivity index (χ3n) is 4.81. The number of nitrogens with zero attached hydrogens (tertiary/aromatic N) is 3. The molecule has 0 N–H and O–H groups in total. The van der Waals surface area contributed by atoms with Gasteiger partial charge < -0.3 is 4.90 Å². The number of fused-ring (bicyclic) bond motifs is 1. The largest absolute Gasteiger partial charge is 0.354 e. The topological polar surface area (TPSA) is 19.4 Å². The standard InChI is InChI=1S/C21H23N3/c1-17-6-8-18(9-7-17)16-23-12-14-24(15-13-23)21-11-10-19-4-2-3-5-20(19)22-21/h2-11H,12-16H2,1H3. The van der Waals surface area contributed by atoms with Crippen molar-refractivity contribution >= 4 is 16.7 Å². The van der Waals surface area contributed by atoms with Crippen molar-refractivity contribution in [1.82, 2.24) is 9.88 Å². The lowest BCUT2D eigenvalue weighted by Crippen LogP contribution is -2.46. The quantitative estimate of drug-likeness (QED) is 0.731. The van der Waals surface area contributed by atoms with Crippen LogP contribution in [0.3, 0.4) is 0 Å². The van der Waals surface area contributed by atoms with Crippen LogP contribution in [-0.2, 0) is 6.54 Å². The minimum Gasteiger partial charge on any atom is -0.354 e. The third kappa shape index (κ3) is 3.26. The molecule has 2 aromatic carbocycles. The molecule has 0 unspecified atom stereocenters. The lowest BCUT2D eigenvalue weighted by molar-refractivity contribution is 0.249. The second-order valence-electron chi connectivity index (χ2n) is 6.61. The predicted molar refractivity (Wildman–Crippen MR) is 100 cm³/mol. The minimum absolute atomic E-state index is 1.04. The highest BCUT2D eigenvalue weighted by Gasteiger charge is 2.18. The van der Waals surface area contributed by atoms with Gasteiger partial charge in [-0.3, -0.25) is 4.90 Å². The fourth-order valence-electron chi connectivity index (χ4n) is 3.32. The van der Waals surface area contributed by atoms with Crippen LogP contribution < -0.4 is 4.90 Å². The number of piperazine rings is 1. The molecule has 3 aromatic rings. The van der Waals surface area contributed by atoms with E-state index < -0.39 is 0 Å². The van der Waals surface area contributed by atoms with E-state index in [2.05, 4.69) is 77.4 Å². The molecule has 3 nitrogen and oxygen atoms in total. The Bertz CT molecular complexity index is 818. The molecule has 4 rings (SSSR count). The first kappa shape index (κ1) is 15.2. The zero-order valence-electron chi connectivity index (χ0n) is 14.2. The summed E-state index contributed by atoms with van der Waals surface area (Å²) < 4.78 is 0. The number of anilines is 1. The molecule has 0 spiro atoms. The van der Waals surface area contributed by atoms with Gasteiger partial charge in [0.05, 0.1) is 5.52 Å². The average molecular weight is 317 g/mol. The number of hydrogen-bond donors (Lipinski definition) is 0. The Morgan fingerprint density at radius 3 is 2.38 bits per heavy atom. The Morgan fingerprint density at radius 1 is 0.833 bits per heavy atom. The van der Waals surface area contributed by atoms with E-state index in [1.165, 1.54) is 16.5 Å². The summed E-state index contributed by atoms with van der Waals surface area (Å²) in [5.41, 5.74) is 3.81. The number of benzene rings is 2. The number of aryl methyl sites for hydroxylation is 1. The molecule has 1 saturated heterocycles. The molecule has 1 aliphatic rings. The molecule has 0 bridgehead atoms. The summed E-state index contributed by atoms with van der Waals surface area (Å²) >= 11 is 0. The molecule has 0 aliphatic carbocycles. The Kier molecular flexibility index (Phi) is 4.18. The molecule has 1 fully saturated rings. The van der Waals surface area contributed by atoms with Crippen molar-refractivity contribution in [3.8, 4) is 0 Å². The monoisotopic (exact) mass is 317 g/mol. The van der Waals surface area contributed by atoms with Gasteiger partial charge in [0.1, 0.15) is 5.82 Å². The zero-order chi connectivity index (χ0) is 16.4. The van der Waals surface area contributed by atoms with Crippen LogP contribution in [-0.4, -0.2) is 36.1 Å². The Balaban J connectivity index is 1.40. The first-order valence-corrected chi connectivity index (χ1v) is 8.66. The van der Waals surface area contributed by atoms with E-state index in [1.807, 2.05) is 0 Å². The maximum atomic E-state index is 4.83. The van der Waals surface area contributed by atoms with E-state index in [0.29, 0.717) is 0 Å². The van der Waals surface area contributed by atoms with Gasteiger partial charge in [-0.15, -0.1) is 0 Å². The van der Waals surface area contributed by atoms with Crippen molar-refractivity contribution < 1.29 is 0 Å². The number of pyridine rings is 1. The highest BCUT2D eigenvalue weighted by atomic mass is 15.3. The van der Waals surface area contributed by atoms with Gasteiger partial charge in [0.25, 0.3) is 0 Å². The average Bonchev–Trinajstić information content (AvgIpc) is 2.64. The molecule has 3 heteroatoms. The van der Waals surface area contributed by atoms with Gasteiger partial charge >= 0.3 is 0 Å². The van der Waals surface area contributed by atoms with E-state index >= 15 is 0 Å². The first-order chi connectivity index (χ1) is 11.8. The molecule has 2 heterocycles.